The van der Waals surface area contributed by atoms with Crippen LogP contribution in [0.15, 0.2) is 59.9 Å². The summed E-state index contributed by atoms with van der Waals surface area (Å²) in [6.45, 7) is 2.44. The second kappa shape index (κ2) is 9.43. The summed E-state index contributed by atoms with van der Waals surface area (Å²) in [5, 5.41) is 13.0. The molecule has 0 aliphatic carbocycles. The highest BCUT2D eigenvalue weighted by molar-refractivity contribution is 7.99. The van der Waals surface area contributed by atoms with Gasteiger partial charge in [-0.3, -0.25) is 4.79 Å². The number of nitrogens with one attached hydrogen (secondary N) is 1. The Morgan fingerprint density at radius 1 is 1.25 bits per heavy atom. The van der Waals surface area contributed by atoms with E-state index in [1.54, 1.807) is 7.11 Å². The van der Waals surface area contributed by atoms with Gasteiger partial charge in [-0.2, -0.15) is 0 Å². The van der Waals surface area contributed by atoms with Crippen molar-refractivity contribution in [2.24, 2.45) is 0 Å². The number of ether oxygens (including phenoxy) is 1. The fraction of sp³-hybridized carbons (Fsp3) is 0.238. The molecule has 2 aromatic carbocycles. The Labute approximate surface area is 168 Å². The van der Waals surface area contributed by atoms with Crippen molar-refractivity contribution in [3.05, 3.63) is 71.5 Å². The molecule has 1 amide bonds. The minimum absolute atomic E-state index is 0.0971. The molecule has 1 aromatic heterocycles. The van der Waals surface area contributed by atoms with E-state index in [0.29, 0.717) is 17.4 Å². The first-order chi connectivity index (χ1) is 13.6. The predicted octanol–water partition coefficient (Wildman–Crippen LogP) is 3.47. The summed E-state index contributed by atoms with van der Waals surface area (Å²) >= 11 is 1.35. The highest BCUT2D eigenvalue weighted by atomic mass is 32.2. The molecule has 28 heavy (non-hydrogen) atoms. The van der Waals surface area contributed by atoms with Crippen molar-refractivity contribution in [3.63, 3.8) is 0 Å². The van der Waals surface area contributed by atoms with E-state index in [0.717, 1.165) is 22.6 Å². The van der Waals surface area contributed by atoms with E-state index in [1.807, 2.05) is 66.2 Å². The molecule has 0 saturated heterocycles. The summed E-state index contributed by atoms with van der Waals surface area (Å²) in [5.74, 6) is 0.936. The molecule has 0 aliphatic rings. The van der Waals surface area contributed by atoms with Crippen molar-refractivity contribution in [2.45, 2.75) is 25.2 Å². The lowest BCUT2D eigenvalue weighted by atomic mass is 10.2. The topological polar surface area (TPSA) is 76.4 Å². The number of hydrogen-bond acceptors (Lipinski definition) is 5. The number of aliphatic hydroxyl groups excluding tert-OH is 1. The van der Waals surface area contributed by atoms with Crippen molar-refractivity contribution in [1.82, 2.24) is 9.55 Å². The maximum absolute atomic E-state index is 12.3. The highest BCUT2D eigenvalue weighted by Gasteiger charge is 2.12. The van der Waals surface area contributed by atoms with Crippen LogP contribution in [0.3, 0.4) is 0 Å². The normalized spacial score (nSPS) is 10.7. The first kappa shape index (κ1) is 20.0. The highest BCUT2D eigenvalue weighted by Crippen LogP contribution is 2.21. The molecule has 0 bridgehead atoms. The third-order valence-corrected chi connectivity index (χ3v) is 5.09. The monoisotopic (exact) mass is 397 g/mol. The summed E-state index contributed by atoms with van der Waals surface area (Å²) in [6, 6.07) is 15.5. The van der Waals surface area contributed by atoms with Gasteiger partial charge in [0.05, 0.1) is 25.2 Å². The standard InChI is InChI=1S/C21H23N3O3S/c1-15-4-3-5-17(10-15)22-20(26)14-28-21-23-18(13-25)12-24(21)11-16-6-8-19(27-2)9-7-16/h3-10,12,25H,11,13-14H2,1-2H3,(H,22,26). The van der Waals surface area contributed by atoms with Gasteiger partial charge in [-0.25, -0.2) is 4.98 Å². The molecule has 6 nitrogen and oxygen atoms in total. The average Bonchev–Trinajstić information content (AvgIpc) is 3.09. The van der Waals surface area contributed by atoms with Crippen LogP contribution in [0, 0.1) is 6.92 Å². The first-order valence-electron chi connectivity index (χ1n) is 8.86. The second-order valence-corrected chi connectivity index (χ2v) is 7.30. The zero-order valence-electron chi connectivity index (χ0n) is 15.9. The molecular formula is C21H23N3O3S. The lowest BCUT2D eigenvalue weighted by Crippen LogP contribution is -2.14. The fourth-order valence-corrected chi connectivity index (χ4v) is 3.53. The number of benzene rings is 2. The SMILES string of the molecule is COc1ccc(Cn2cc(CO)nc2SCC(=O)Nc2cccc(C)c2)cc1. The molecule has 0 spiro atoms. The Morgan fingerprint density at radius 3 is 2.71 bits per heavy atom. The van der Waals surface area contributed by atoms with Gasteiger partial charge >= 0.3 is 0 Å². The lowest BCUT2D eigenvalue weighted by molar-refractivity contribution is -0.113. The molecule has 146 valence electrons. The van der Waals surface area contributed by atoms with Gasteiger partial charge in [0.1, 0.15) is 5.75 Å². The number of methoxy groups -OCH3 is 1. The van der Waals surface area contributed by atoms with Crippen LogP contribution in [0.4, 0.5) is 5.69 Å². The maximum atomic E-state index is 12.3. The molecule has 0 atom stereocenters. The molecule has 3 aromatic rings. The number of carbonyl (C=O) groups excluding carboxylic acids is 1. The lowest BCUT2D eigenvalue weighted by Gasteiger charge is -2.09. The van der Waals surface area contributed by atoms with E-state index in [-0.39, 0.29) is 18.3 Å². The van der Waals surface area contributed by atoms with Crippen LogP contribution in [0.2, 0.25) is 0 Å². The number of anilines is 1. The number of aryl methyl sites for hydroxylation is 1. The molecule has 1 heterocycles. The molecule has 0 saturated carbocycles. The van der Waals surface area contributed by atoms with Crippen molar-refractivity contribution < 1.29 is 14.6 Å². The van der Waals surface area contributed by atoms with Gasteiger partial charge in [-0.1, -0.05) is 36.0 Å². The summed E-state index contributed by atoms with van der Waals surface area (Å²) in [7, 11) is 1.63. The number of aromatic nitrogens is 2. The summed E-state index contributed by atoms with van der Waals surface area (Å²) in [6.07, 6.45) is 1.81. The van der Waals surface area contributed by atoms with Gasteiger partial charge in [0.25, 0.3) is 0 Å². The van der Waals surface area contributed by atoms with Crippen molar-refractivity contribution >= 4 is 23.4 Å². The average molecular weight is 398 g/mol. The Hall–Kier alpha value is -2.77. The number of imidazole rings is 1. The molecule has 0 unspecified atom stereocenters. The van der Waals surface area contributed by atoms with E-state index < -0.39 is 0 Å². The number of amides is 1. The first-order valence-corrected chi connectivity index (χ1v) is 9.85. The molecule has 0 radical (unpaired) electrons. The zero-order valence-corrected chi connectivity index (χ0v) is 16.7. The number of aliphatic hydroxyl groups is 1. The molecule has 0 aliphatic heterocycles. The van der Waals surface area contributed by atoms with Gasteiger partial charge in [-0.15, -0.1) is 0 Å². The Kier molecular flexibility index (Phi) is 6.73. The van der Waals surface area contributed by atoms with E-state index in [9.17, 15) is 9.90 Å². The van der Waals surface area contributed by atoms with Crippen LogP contribution >= 0.6 is 11.8 Å². The minimum Gasteiger partial charge on any atom is -0.497 e. The third kappa shape index (κ3) is 5.37. The quantitative estimate of drug-likeness (QED) is 0.569. The van der Waals surface area contributed by atoms with Crippen molar-refractivity contribution in [2.75, 3.05) is 18.2 Å². The van der Waals surface area contributed by atoms with Gasteiger partial charge in [0, 0.05) is 18.4 Å². The summed E-state index contributed by atoms with van der Waals surface area (Å²) in [4.78, 5) is 16.7. The van der Waals surface area contributed by atoms with Crippen molar-refractivity contribution in [3.8, 4) is 5.75 Å². The third-order valence-electron chi connectivity index (χ3n) is 4.10. The summed E-state index contributed by atoms with van der Waals surface area (Å²) in [5.41, 5.74) is 3.53. The maximum Gasteiger partial charge on any atom is 0.234 e. The minimum atomic E-state index is -0.140. The number of nitrogens with zero attached hydrogens (tertiary/aromatic N) is 2. The van der Waals surface area contributed by atoms with Gasteiger partial charge in [0.2, 0.25) is 5.91 Å². The molecule has 7 heteroatoms. The molecular weight excluding hydrogens is 374 g/mol. The number of rotatable bonds is 8. The van der Waals surface area contributed by atoms with Crippen LogP contribution in [-0.2, 0) is 17.9 Å². The van der Waals surface area contributed by atoms with Gasteiger partial charge < -0.3 is 19.7 Å². The van der Waals surface area contributed by atoms with Crippen LogP contribution in [0.1, 0.15) is 16.8 Å². The molecule has 0 fully saturated rings. The van der Waals surface area contributed by atoms with Crippen LogP contribution in [0.25, 0.3) is 0 Å². The van der Waals surface area contributed by atoms with E-state index in [4.69, 9.17) is 4.74 Å². The predicted molar refractivity (Wildman–Crippen MR) is 111 cm³/mol. The number of thioether (sulfide) groups is 1. The molecule has 2 N–H and O–H groups in total. The molecule has 3 rings (SSSR count). The van der Waals surface area contributed by atoms with Crippen molar-refractivity contribution in [1.29, 1.82) is 0 Å². The van der Waals surface area contributed by atoms with Crippen LogP contribution < -0.4 is 10.1 Å². The smallest absolute Gasteiger partial charge is 0.234 e. The number of hydrogen-bond donors (Lipinski definition) is 2. The van der Waals surface area contributed by atoms with Gasteiger partial charge in [0.15, 0.2) is 5.16 Å². The van der Waals surface area contributed by atoms with E-state index in [1.165, 1.54) is 11.8 Å². The van der Waals surface area contributed by atoms with Crippen LogP contribution in [0.5, 0.6) is 5.75 Å². The largest absolute Gasteiger partial charge is 0.497 e. The van der Waals surface area contributed by atoms with Crippen LogP contribution in [-0.4, -0.2) is 33.4 Å². The van der Waals surface area contributed by atoms with E-state index in [2.05, 4.69) is 10.3 Å². The van der Waals surface area contributed by atoms with E-state index >= 15 is 0 Å². The van der Waals surface area contributed by atoms with Gasteiger partial charge in [-0.05, 0) is 42.3 Å². The second-order valence-electron chi connectivity index (χ2n) is 6.36. The fourth-order valence-electron chi connectivity index (χ4n) is 2.73. The Morgan fingerprint density at radius 2 is 2.04 bits per heavy atom. The Balaban J connectivity index is 1.65. The summed E-state index contributed by atoms with van der Waals surface area (Å²) < 4.78 is 7.13. The number of carbonyl (C=O) groups is 1. The zero-order chi connectivity index (χ0) is 19.9. The Bertz CT molecular complexity index is 938.